The van der Waals surface area contributed by atoms with Crippen molar-refractivity contribution in [1.82, 2.24) is 25.8 Å². The topological polar surface area (TPSA) is 226 Å². The van der Waals surface area contributed by atoms with Crippen molar-refractivity contribution < 1.29 is 43.1 Å². The summed E-state index contributed by atoms with van der Waals surface area (Å²) in [5.74, 6) is -2.50. The summed E-state index contributed by atoms with van der Waals surface area (Å²) in [5, 5.41) is 10.6. The number of primary amides is 1. The van der Waals surface area contributed by atoms with Crippen LogP contribution in [0.15, 0.2) is 36.4 Å². The van der Waals surface area contributed by atoms with Crippen LogP contribution in [0.2, 0.25) is 0 Å². The first-order valence-corrected chi connectivity index (χ1v) is 15.9. The number of imide groups is 1. The van der Waals surface area contributed by atoms with E-state index >= 15 is 0 Å². The van der Waals surface area contributed by atoms with Crippen molar-refractivity contribution in [3.63, 3.8) is 0 Å². The Morgan fingerprint density at radius 1 is 0.918 bits per heavy atom. The lowest BCUT2D eigenvalue weighted by atomic mass is 10.0. The third-order valence-corrected chi connectivity index (χ3v) is 7.34. The van der Waals surface area contributed by atoms with E-state index in [-0.39, 0.29) is 62.7 Å². The maximum atomic E-state index is 13.4. The number of amides is 8. The number of carbonyl (C=O) groups is 8. The van der Waals surface area contributed by atoms with Gasteiger partial charge in [-0.3, -0.25) is 28.9 Å². The molecule has 0 saturated heterocycles. The number of ether oxygens (including phenoxy) is 1. The summed E-state index contributed by atoms with van der Waals surface area (Å²) in [4.78, 5) is 98.9. The maximum Gasteiger partial charge on any atom is 0.410 e. The molecule has 1 unspecified atom stereocenters. The predicted octanol–water partition coefficient (Wildman–Crippen LogP) is 0.448. The van der Waals surface area contributed by atoms with Crippen LogP contribution in [0.25, 0.3) is 0 Å². The SMILES string of the molecule is [B]C(=O)CN(C)C(=O)OCc1ccc(NC(=O)[C@H](CCCNC(N)=O)NC(=O)C(NC(=O)CCCCCN2C(=O)C=CC2=O)C(C)C)cc1. The largest absolute Gasteiger partial charge is 0.445 e. The van der Waals surface area contributed by atoms with Gasteiger partial charge in [0.25, 0.3) is 11.8 Å². The third kappa shape index (κ3) is 14.6. The normalized spacial score (nSPS) is 13.4. The van der Waals surface area contributed by atoms with E-state index in [1.165, 1.54) is 19.2 Å². The van der Waals surface area contributed by atoms with Crippen molar-refractivity contribution in [2.24, 2.45) is 11.7 Å². The lowest BCUT2D eigenvalue weighted by Gasteiger charge is -2.25. The minimum Gasteiger partial charge on any atom is -0.445 e. The fourth-order valence-electron chi connectivity index (χ4n) is 4.68. The Bertz CT molecular complexity index is 1380. The molecule has 0 aromatic heterocycles. The number of hydrogen-bond acceptors (Lipinski definition) is 9. The maximum absolute atomic E-state index is 13.4. The summed E-state index contributed by atoms with van der Waals surface area (Å²) in [6.45, 7) is 3.54. The average molecular weight is 682 g/mol. The second-order valence-corrected chi connectivity index (χ2v) is 11.8. The number of anilines is 1. The van der Waals surface area contributed by atoms with Gasteiger partial charge >= 0.3 is 12.1 Å². The Labute approximate surface area is 286 Å². The minimum absolute atomic E-state index is 0.0949. The van der Waals surface area contributed by atoms with Gasteiger partial charge in [-0.25, -0.2) is 9.59 Å². The highest BCUT2D eigenvalue weighted by atomic mass is 16.6. The number of urea groups is 1. The van der Waals surface area contributed by atoms with Crippen molar-refractivity contribution in [2.45, 2.75) is 71.1 Å². The first-order valence-electron chi connectivity index (χ1n) is 15.9. The standard InChI is InChI=1S/C32H44BN7O9/c1-20(2)28(38-25(42)9-5-4-6-17-40-26(43)14-15-27(40)44)30(46)37-23(8-7-16-35-31(34)47)29(45)36-22-12-10-21(11-13-22)19-49-32(48)39(3)18-24(33)41/h10-15,20,23,28H,4-9,16-19H2,1-3H3,(H,36,45)(H,37,46)(H,38,42)(H3,34,35,47)/t23-,28?/m0/s1. The summed E-state index contributed by atoms with van der Waals surface area (Å²) in [6, 6.07) is 3.69. The monoisotopic (exact) mass is 681 g/mol. The Morgan fingerprint density at radius 2 is 1.57 bits per heavy atom. The summed E-state index contributed by atoms with van der Waals surface area (Å²) in [6.07, 6.45) is 3.87. The molecule has 1 aliphatic heterocycles. The molecule has 2 rings (SSSR count). The van der Waals surface area contributed by atoms with E-state index in [4.69, 9.17) is 18.3 Å². The second-order valence-electron chi connectivity index (χ2n) is 11.8. The molecular weight excluding hydrogens is 637 g/mol. The van der Waals surface area contributed by atoms with E-state index in [1.54, 1.807) is 38.1 Å². The molecule has 49 heavy (non-hydrogen) atoms. The number of unbranched alkanes of at least 4 members (excludes halogenated alkanes) is 2. The molecule has 0 aliphatic carbocycles. The van der Waals surface area contributed by atoms with Gasteiger partial charge in [0.15, 0.2) is 7.85 Å². The number of benzene rings is 1. The zero-order chi connectivity index (χ0) is 36.5. The van der Waals surface area contributed by atoms with Gasteiger partial charge in [0.1, 0.15) is 18.7 Å². The van der Waals surface area contributed by atoms with Crippen molar-refractivity contribution in [3.8, 4) is 0 Å². The molecule has 0 spiro atoms. The van der Waals surface area contributed by atoms with E-state index < -0.39 is 41.7 Å². The number of nitrogens with one attached hydrogen (secondary N) is 4. The number of hydrogen-bond donors (Lipinski definition) is 5. The molecule has 1 aromatic rings. The molecule has 0 fully saturated rings. The zero-order valence-electron chi connectivity index (χ0n) is 28.0. The highest BCUT2D eigenvalue weighted by molar-refractivity contribution is 6.58. The second kappa shape index (κ2) is 20.2. The molecule has 6 N–H and O–H groups in total. The van der Waals surface area contributed by atoms with Gasteiger partial charge in [0.2, 0.25) is 17.7 Å². The Hall–Kier alpha value is -5.22. The van der Waals surface area contributed by atoms with Crippen LogP contribution in [-0.2, 0) is 40.1 Å². The Kier molecular flexibility index (Phi) is 16.5. The number of carbonyl (C=O) groups excluding carboxylic acids is 8. The first-order chi connectivity index (χ1) is 23.2. The van der Waals surface area contributed by atoms with Gasteiger partial charge in [-0.2, -0.15) is 0 Å². The van der Waals surface area contributed by atoms with Gasteiger partial charge < -0.3 is 41.4 Å². The van der Waals surface area contributed by atoms with Crippen LogP contribution in [0.1, 0.15) is 57.9 Å². The van der Waals surface area contributed by atoms with Crippen LogP contribution < -0.4 is 27.0 Å². The number of nitrogens with two attached hydrogens (primary N) is 1. The summed E-state index contributed by atoms with van der Waals surface area (Å²) < 4.78 is 5.14. The fourth-order valence-corrected chi connectivity index (χ4v) is 4.68. The molecule has 1 heterocycles. The molecular formula is C32H44BN7O9. The molecule has 16 nitrogen and oxygen atoms in total. The lowest BCUT2D eigenvalue weighted by Crippen LogP contribution is -2.54. The molecule has 2 radical (unpaired) electrons. The van der Waals surface area contributed by atoms with Crippen LogP contribution in [0, 0.1) is 5.92 Å². The highest BCUT2D eigenvalue weighted by Gasteiger charge is 2.29. The van der Waals surface area contributed by atoms with Gasteiger partial charge in [0, 0.05) is 44.4 Å². The Morgan fingerprint density at radius 3 is 2.16 bits per heavy atom. The number of rotatable bonds is 20. The van der Waals surface area contributed by atoms with Crippen LogP contribution in [0.3, 0.4) is 0 Å². The van der Waals surface area contributed by atoms with E-state index in [0.29, 0.717) is 36.9 Å². The quantitative estimate of drug-likeness (QED) is 0.0730. The average Bonchev–Trinajstić information content (AvgIpc) is 3.35. The molecule has 17 heteroatoms. The molecule has 1 aliphatic rings. The summed E-state index contributed by atoms with van der Waals surface area (Å²) >= 11 is 0. The predicted molar refractivity (Wildman–Crippen MR) is 178 cm³/mol. The summed E-state index contributed by atoms with van der Waals surface area (Å²) in [5.41, 5.74) is 5.44. The Balaban J connectivity index is 1.95. The third-order valence-electron chi connectivity index (χ3n) is 7.34. The lowest BCUT2D eigenvalue weighted by molar-refractivity contribution is -0.137. The molecule has 2 atom stereocenters. The molecule has 8 amide bonds. The smallest absolute Gasteiger partial charge is 0.410 e. The summed E-state index contributed by atoms with van der Waals surface area (Å²) in [7, 11) is 6.45. The number of likely N-dealkylation sites (N-methyl/N-ethyl adjacent to an activating group) is 1. The van der Waals surface area contributed by atoms with Crippen LogP contribution in [0.5, 0.6) is 0 Å². The fraction of sp³-hybridized carbons (Fsp3) is 0.500. The van der Waals surface area contributed by atoms with Crippen molar-refractivity contribution in [2.75, 3.05) is 32.0 Å². The van der Waals surface area contributed by atoms with Crippen LogP contribution in [0.4, 0.5) is 15.3 Å². The van der Waals surface area contributed by atoms with Crippen molar-refractivity contribution >= 4 is 60.9 Å². The van der Waals surface area contributed by atoms with Crippen LogP contribution in [-0.4, -0.2) is 104 Å². The van der Waals surface area contributed by atoms with E-state index in [2.05, 4.69) is 21.3 Å². The van der Waals surface area contributed by atoms with Gasteiger partial charge in [-0.05, 0) is 49.3 Å². The van der Waals surface area contributed by atoms with Gasteiger partial charge in [-0.1, -0.05) is 32.4 Å². The van der Waals surface area contributed by atoms with E-state index in [9.17, 15) is 38.4 Å². The van der Waals surface area contributed by atoms with Crippen molar-refractivity contribution in [1.29, 1.82) is 0 Å². The zero-order valence-corrected chi connectivity index (χ0v) is 28.0. The van der Waals surface area contributed by atoms with Gasteiger partial charge in [-0.15, -0.1) is 0 Å². The van der Waals surface area contributed by atoms with E-state index in [1.807, 2.05) is 0 Å². The minimum atomic E-state index is -1.03. The molecule has 0 saturated carbocycles. The first kappa shape index (κ1) is 40.0. The molecule has 1 aromatic carbocycles. The van der Waals surface area contributed by atoms with Crippen LogP contribution >= 0.6 is 0 Å². The molecule has 0 bridgehead atoms. The highest BCUT2D eigenvalue weighted by Crippen LogP contribution is 2.14. The van der Waals surface area contributed by atoms with Gasteiger partial charge in [0.05, 0.1) is 12.2 Å². The van der Waals surface area contributed by atoms with Crippen molar-refractivity contribution in [3.05, 3.63) is 42.0 Å². The van der Waals surface area contributed by atoms with E-state index in [0.717, 1.165) is 9.80 Å². The molecule has 264 valence electrons. The number of nitrogens with zero attached hydrogens (tertiary/aromatic N) is 2.